The molecule has 168 valence electrons. The van der Waals surface area contributed by atoms with Crippen LogP contribution in [0.2, 0.25) is 0 Å². The molecule has 0 bridgehead atoms. The second-order valence-electron chi connectivity index (χ2n) is 8.40. The van der Waals surface area contributed by atoms with Gasteiger partial charge in [-0.05, 0) is 87.3 Å². The van der Waals surface area contributed by atoms with E-state index in [4.69, 9.17) is 4.74 Å². The van der Waals surface area contributed by atoms with E-state index < -0.39 is 10.0 Å². The summed E-state index contributed by atoms with van der Waals surface area (Å²) in [6.45, 7) is 8.66. The van der Waals surface area contributed by atoms with E-state index in [2.05, 4.69) is 4.98 Å². The van der Waals surface area contributed by atoms with Gasteiger partial charge in [-0.25, -0.2) is 8.42 Å². The summed E-state index contributed by atoms with van der Waals surface area (Å²) < 4.78 is 33.7. The number of piperidine rings is 1. The van der Waals surface area contributed by atoms with E-state index in [1.54, 1.807) is 6.20 Å². The Morgan fingerprint density at radius 2 is 1.77 bits per heavy atom. The van der Waals surface area contributed by atoms with Crippen LogP contribution in [-0.2, 0) is 26.0 Å². The van der Waals surface area contributed by atoms with E-state index in [0.717, 1.165) is 40.7 Å². The highest BCUT2D eigenvalue weighted by atomic mass is 32.2. The van der Waals surface area contributed by atoms with Crippen molar-refractivity contribution in [1.29, 1.82) is 0 Å². The quantitative estimate of drug-likeness (QED) is 0.478. The molecule has 0 spiro atoms. The summed E-state index contributed by atoms with van der Waals surface area (Å²) in [4.78, 5) is 16.9. The number of ether oxygens (including phenoxy) is 1. The standard InChI is InChI=1S/C24H32N2O4S/c1-17-15-18(2)20(4)23(19(17)3)31(28,29)26-12-9-22(10-13-26)24(27)30-14-6-8-21-7-5-11-25-16-21/h5,7,11,15-16,22H,6,8-10,12-14H2,1-4H3. The molecular formula is C24H32N2O4S. The molecular weight excluding hydrogens is 412 g/mol. The molecule has 1 aliphatic heterocycles. The Hall–Kier alpha value is -2.25. The zero-order chi connectivity index (χ0) is 22.6. The molecule has 0 N–H and O–H groups in total. The fraction of sp³-hybridized carbons (Fsp3) is 0.500. The molecule has 1 fully saturated rings. The first kappa shape index (κ1) is 23.4. The maximum atomic E-state index is 13.4. The van der Waals surface area contributed by atoms with Gasteiger partial charge in [0.25, 0.3) is 0 Å². The van der Waals surface area contributed by atoms with Gasteiger partial charge in [-0.3, -0.25) is 9.78 Å². The monoisotopic (exact) mass is 444 g/mol. The number of rotatable bonds is 7. The zero-order valence-electron chi connectivity index (χ0n) is 18.8. The molecule has 0 atom stereocenters. The number of sulfonamides is 1. The minimum atomic E-state index is -3.59. The Bertz CT molecular complexity index is 1000. The minimum Gasteiger partial charge on any atom is -0.465 e. The van der Waals surface area contributed by atoms with Gasteiger partial charge in [0.1, 0.15) is 0 Å². The van der Waals surface area contributed by atoms with E-state index in [0.29, 0.717) is 37.4 Å². The van der Waals surface area contributed by atoms with Gasteiger partial charge in [0, 0.05) is 25.5 Å². The Balaban J connectivity index is 1.55. The molecule has 6 nitrogen and oxygen atoms in total. The highest BCUT2D eigenvalue weighted by Gasteiger charge is 2.34. The Morgan fingerprint density at radius 1 is 1.13 bits per heavy atom. The number of carbonyl (C=O) groups is 1. The van der Waals surface area contributed by atoms with Crippen LogP contribution in [0.4, 0.5) is 0 Å². The average Bonchev–Trinajstić information content (AvgIpc) is 2.76. The first-order valence-corrected chi connectivity index (χ1v) is 12.3. The van der Waals surface area contributed by atoms with E-state index in [-0.39, 0.29) is 11.9 Å². The molecule has 1 aromatic heterocycles. The number of hydrogen-bond acceptors (Lipinski definition) is 5. The van der Waals surface area contributed by atoms with E-state index in [1.165, 1.54) is 4.31 Å². The number of aromatic nitrogens is 1. The molecule has 2 aromatic rings. The fourth-order valence-corrected chi connectivity index (χ4v) is 6.19. The lowest BCUT2D eigenvalue weighted by Crippen LogP contribution is -2.41. The highest BCUT2D eigenvalue weighted by Crippen LogP contribution is 2.31. The van der Waals surface area contributed by atoms with Crippen molar-refractivity contribution >= 4 is 16.0 Å². The minimum absolute atomic E-state index is 0.220. The van der Waals surface area contributed by atoms with Crippen LogP contribution in [0.25, 0.3) is 0 Å². The van der Waals surface area contributed by atoms with Crippen LogP contribution in [-0.4, -0.2) is 43.4 Å². The van der Waals surface area contributed by atoms with Gasteiger partial charge in [0.05, 0.1) is 17.4 Å². The molecule has 2 heterocycles. The van der Waals surface area contributed by atoms with Crippen LogP contribution in [0.15, 0.2) is 35.5 Å². The molecule has 31 heavy (non-hydrogen) atoms. The van der Waals surface area contributed by atoms with Crippen LogP contribution in [0.3, 0.4) is 0 Å². The number of carbonyl (C=O) groups excluding carboxylic acids is 1. The van der Waals surface area contributed by atoms with Crippen LogP contribution in [0, 0.1) is 33.6 Å². The van der Waals surface area contributed by atoms with Crippen molar-refractivity contribution in [2.24, 2.45) is 5.92 Å². The van der Waals surface area contributed by atoms with Gasteiger partial charge in [-0.2, -0.15) is 4.31 Å². The van der Waals surface area contributed by atoms with Gasteiger partial charge in [0.2, 0.25) is 10.0 Å². The van der Waals surface area contributed by atoms with Crippen molar-refractivity contribution in [1.82, 2.24) is 9.29 Å². The molecule has 7 heteroatoms. The molecule has 0 radical (unpaired) electrons. The third-order valence-electron chi connectivity index (χ3n) is 6.26. The van der Waals surface area contributed by atoms with Crippen molar-refractivity contribution < 1.29 is 17.9 Å². The molecule has 0 saturated carbocycles. The molecule has 3 rings (SSSR count). The first-order valence-electron chi connectivity index (χ1n) is 10.8. The summed E-state index contributed by atoms with van der Waals surface area (Å²) in [7, 11) is -3.59. The summed E-state index contributed by atoms with van der Waals surface area (Å²) in [5.74, 6) is -0.465. The molecule has 1 aromatic carbocycles. The highest BCUT2D eigenvalue weighted by molar-refractivity contribution is 7.89. The number of nitrogens with zero attached hydrogens (tertiary/aromatic N) is 2. The smallest absolute Gasteiger partial charge is 0.309 e. The van der Waals surface area contributed by atoms with Crippen LogP contribution < -0.4 is 0 Å². The lowest BCUT2D eigenvalue weighted by atomic mass is 9.98. The van der Waals surface area contributed by atoms with Gasteiger partial charge in [-0.15, -0.1) is 0 Å². The molecule has 1 saturated heterocycles. The van der Waals surface area contributed by atoms with Crippen molar-refractivity contribution in [3.63, 3.8) is 0 Å². The summed E-state index contributed by atoms with van der Waals surface area (Å²) in [6.07, 6.45) is 6.09. The van der Waals surface area contributed by atoms with E-state index >= 15 is 0 Å². The van der Waals surface area contributed by atoms with Crippen molar-refractivity contribution in [2.75, 3.05) is 19.7 Å². The average molecular weight is 445 g/mol. The van der Waals surface area contributed by atoms with Crippen LogP contribution in [0.1, 0.15) is 47.1 Å². The number of esters is 1. The van der Waals surface area contributed by atoms with Gasteiger partial charge >= 0.3 is 5.97 Å². The lowest BCUT2D eigenvalue weighted by molar-refractivity contribution is -0.149. The number of pyridine rings is 1. The predicted octanol–water partition coefficient (Wildman–Crippen LogP) is 3.89. The van der Waals surface area contributed by atoms with E-state index in [9.17, 15) is 13.2 Å². The number of hydrogen-bond donors (Lipinski definition) is 0. The summed E-state index contributed by atoms with van der Waals surface area (Å²) in [6, 6.07) is 5.93. The zero-order valence-corrected chi connectivity index (χ0v) is 19.7. The largest absolute Gasteiger partial charge is 0.465 e. The van der Waals surface area contributed by atoms with Gasteiger partial charge < -0.3 is 4.74 Å². The predicted molar refractivity (Wildman–Crippen MR) is 120 cm³/mol. The normalized spacial score (nSPS) is 15.7. The molecule has 0 amide bonds. The number of benzene rings is 1. The van der Waals surface area contributed by atoms with Gasteiger partial charge in [-0.1, -0.05) is 12.1 Å². The summed E-state index contributed by atoms with van der Waals surface area (Å²) in [5, 5.41) is 0. The van der Waals surface area contributed by atoms with Crippen LogP contribution >= 0.6 is 0 Å². The Morgan fingerprint density at radius 3 is 2.35 bits per heavy atom. The first-order chi connectivity index (χ1) is 14.7. The third kappa shape index (κ3) is 5.33. The van der Waals surface area contributed by atoms with Crippen LogP contribution in [0.5, 0.6) is 0 Å². The van der Waals surface area contributed by atoms with Crippen molar-refractivity contribution in [3.8, 4) is 0 Å². The molecule has 0 unspecified atom stereocenters. The second kappa shape index (κ2) is 9.92. The number of aryl methyl sites for hydroxylation is 3. The Kier molecular flexibility index (Phi) is 7.49. The molecule has 0 aliphatic carbocycles. The fourth-order valence-electron chi connectivity index (χ4n) is 4.14. The van der Waals surface area contributed by atoms with Crippen molar-refractivity contribution in [3.05, 3.63) is 58.4 Å². The molecule has 1 aliphatic rings. The van der Waals surface area contributed by atoms with E-state index in [1.807, 2.05) is 52.1 Å². The Labute approximate surface area is 185 Å². The summed E-state index contributed by atoms with van der Waals surface area (Å²) >= 11 is 0. The van der Waals surface area contributed by atoms with Gasteiger partial charge in [0.15, 0.2) is 0 Å². The maximum Gasteiger partial charge on any atom is 0.309 e. The summed E-state index contributed by atoms with van der Waals surface area (Å²) in [5.41, 5.74) is 4.68. The maximum absolute atomic E-state index is 13.4. The SMILES string of the molecule is Cc1cc(C)c(C)c(S(=O)(=O)N2CCC(C(=O)OCCCc3cccnc3)CC2)c1C. The van der Waals surface area contributed by atoms with Crippen molar-refractivity contribution in [2.45, 2.75) is 58.3 Å². The topological polar surface area (TPSA) is 76.6 Å². The second-order valence-corrected chi connectivity index (χ2v) is 10.3. The third-order valence-corrected chi connectivity index (χ3v) is 8.43. The lowest BCUT2D eigenvalue weighted by Gasteiger charge is -2.31.